The molecule has 4 nitrogen and oxygen atoms in total. The summed E-state index contributed by atoms with van der Waals surface area (Å²) in [6, 6.07) is 6.22. The van der Waals surface area contributed by atoms with Gasteiger partial charge in [0.2, 0.25) is 0 Å². The van der Waals surface area contributed by atoms with E-state index in [2.05, 4.69) is 9.97 Å². The van der Waals surface area contributed by atoms with Crippen molar-refractivity contribution in [3.05, 3.63) is 42.0 Å². The summed E-state index contributed by atoms with van der Waals surface area (Å²) in [5, 5.41) is 10.1. The molecule has 0 saturated heterocycles. The van der Waals surface area contributed by atoms with Gasteiger partial charge >= 0.3 is 5.97 Å². The maximum Gasteiger partial charge on any atom is 0.352 e. The monoisotopic (exact) mass is 230 g/mol. The molecule has 0 atom stereocenters. The third kappa shape index (κ3) is 1.36. The molecule has 1 aromatic carbocycles. The number of aromatic nitrogens is 2. The third-order valence-corrected chi connectivity index (χ3v) is 2.68. The summed E-state index contributed by atoms with van der Waals surface area (Å²) < 4.78 is 13.7. The number of nitrogens with one attached hydrogen (secondary N) is 1. The molecule has 0 fully saturated rings. The Kier molecular flexibility index (Phi) is 1.89. The van der Waals surface area contributed by atoms with Crippen molar-refractivity contribution >= 4 is 27.8 Å². The molecule has 3 rings (SSSR count). The normalized spacial score (nSPS) is 11.1. The first-order valence-electron chi connectivity index (χ1n) is 4.96. The number of pyridine rings is 1. The highest BCUT2D eigenvalue weighted by molar-refractivity contribution is 6.08. The molecule has 0 amide bonds. The van der Waals surface area contributed by atoms with E-state index in [1.807, 2.05) is 0 Å². The van der Waals surface area contributed by atoms with E-state index in [1.54, 1.807) is 18.3 Å². The van der Waals surface area contributed by atoms with Crippen LogP contribution in [0, 0.1) is 5.82 Å². The summed E-state index contributed by atoms with van der Waals surface area (Å²) in [5.74, 6) is -1.61. The van der Waals surface area contributed by atoms with E-state index in [4.69, 9.17) is 5.11 Å². The van der Waals surface area contributed by atoms with Crippen LogP contribution in [0.25, 0.3) is 21.8 Å². The average molecular weight is 230 g/mol. The Balaban J connectivity index is 2.51. The van der Waals surface area contributed by atoms with Crippen LogP contribution in [0.3, 0.4) is 0 Å². The number of hydrogen-bond acceptors (Lipinski definition) is 2. The quantitative estimate of drug-likeness (QED) is 0.675. The molecule has 0 aliphatic carbocycles. The number of carbonyl (C=O) groups is 1. The number of H-pyrrole nitrogens is 1. The van der Waals surface area contributed by atoms with Gasteiger partial charge in [-0.15, -0.1) is 0 Å². The second-order valence-electron chi connectivity index (χ2n) is 3.71. The van der Waals surface area contributed by atoms with Gasteiger partial charge < -0.3 is 10.1 Å². The molecule has 5 heteroatoms. The van der Waals surface area contributed by atoms with Gasteiger partial charge in [0.25, 0.3) is 0 Å². The molecule has 0 bridgehead atoms. The lowest BCUT2D eigenvalue weighted by atomic mass is 10.1. The van der Waals surface area contributed by atoms with E-state index >= 15 is 0 Å². The van der Waals surface area contributed by atoms with Gasteiger partial charge in [-0.05, 0) is 12.1 Å². The van der Waals surface area contributed by atoms with Crippen LogP contribution < -0.4 is 0 Å². The number of fused-ring (bicyclic) bond motifs is 3. The van der Waals surface area contributed by atoms with Crippen molar-refractivity contribution in [2.75, 3.05) is 0 Å². The van der Waals surface area contributed by atoms with Gasteiger partial charge in [0, 0.05) is 23.0 Å². The van der Waals surface area contributed by atoms with Crippen molar-refractivity contribution in [2.45, 2.75) is 0 Å². The second-order valence-corrected chi connectivity index (χ2v) is 3.71. The van der Waals surface area contributed by atoms with Crippen LogP contribution >= 0.6 is 0 Å². The lowest BCUT2D eigenvalue weighted by Gasteiger charge is -1.99. The molecule has 0 unspecified atom stereocenters. The van der Waals surface area contributed by atoms with Gasteiger partial charge in [0.05, 0.1) is 11.0 Å². The molecule has 2 heterocycles. The molecule has 0 aliphatic rings. The van der Waals surface area contributed by atoms with Crippen LogP contribution in [0.4, 0.5) is 4.39 Å². The van der Waals surface area contributed by atoms with Crippen LogP contribution in [0.2, 0.25) is 0 Å². The van der Waals surface area contributed by atoms with Gasteiger partial charge in [0.15, 0.2) is 0 Å². The van der Waals surface area contributed by atoms with Crippen molar-refractivity contribution in [1.29, 1.82) is 0 Å². The topological polar surface area (TPSA) is 66.0 Å². The van der Waals surface area contributed by atoms with Gasteiger partial charge in [-0.2, -0.15) is 0 Å². The highest BCUT2D eigenvalue weighted by Crippen LogP contribution is 2.27. The Hall–Kier alpha value is -2.43. The van der Waals surface area contributed by atoms with Gasteiger partial charge in [0.1, 0.15) is 11.5 Å². The molecule has 0 radical (unpaired) electrons. The SMILES string of the molecule is O=C(O)c1cc2c([nH]1)c(F)cc1ncccc12. The first kappa shape index (κ1) is 9.77. The van der Waals surface area contributed by atoms with E-state index < -0.39 is 11.8 Å². The molecule has 0 aliphatic heterocycles. The minimum atomic E-state index is -1.11. The summed E-state index contributed by atoms with van der Waals surface area (Å²) in [7, 11) is 0. The molecule has 0 spiro atoms. The van der Waals surface area contributed by atoms with Gasteiger partial charge in [-0.3, -0.25) is 4.98 Å². The third-order valence-electron chi connectivity index (χ3n) is 2.68. The molecule has 17 heavy (non-hydrogen) atoms. The molecule has 3 aromatic rings. The summed E-state index contributed by atoms with van der Waals surface area (Å²) in [6.45, 7) is 0. The number of hydrogen-bond donors (Lipinski definition) is 2. The van der Waals surface area contributed by atoms with Gasteiger partial charge in [-0.1, -0.05) is 6.07 Å². The molecular weight excluding hydrogens is 223 g/mol. The molecular formula is C12H7FN2O2. The van der Waals surface area contributed by atoms with Crippen LogP contribution in [0.1, 0.15) is 10.5 Å². The fourth-order valence-electron chi connectivity index (χ4n) is 1.92. The zero-order chi connectivity index (χ0) is 12.0. The van der Waals surface area contributed by atoms with Gasteiger partial charge in [-0.25, -0.2) is 9.18 Å². The minimum Gasteiger partial charge on any atom is -0.477 e. The standard InChI is InChI=1S/C12H7FN2O2/c13-8-5-9-6(2-1-3-14-9)7-4-10(12(16)17)15-11(7)8/h1-5,15H,(H,16,17). The highest BCUT2D eigenvalue weighted by atomic mass is 19.1. The van der Waals surface area contributed by atoms with Crippen molar-refractivity contribution in [3.8, 4) is 0 Å². The Morgan fingerprint density at radius 1 is 1.35 bits per heavy atom. The Bertz CT molecular complexity index is 749. The Morgan fingerprint density at radius 2 is 2.18 bits per heavy atom. The van der Waals surface area contributed by atoms with E-state index in [1.165, 1.54) is 12.1 Å². The maximum atomic E-state index is 13.7. The first-order valence-corrected chi connectivity index (χ1v) is 4.96. The fourth-order valence-corrected chi connectivity index (χ4v) is 1.92. The summed E-state index contributed by atoms with van der Waals surface area (Å²) in [4.78, 5) is 17.4. The van der Waals surface area contributed by atoms with Crippen LogP contribution in [-0.2, 0) is 0 Å². The number of nitrogens with zero attached hydrogens (tertiary/aromatic N) is 1. The molecule has 84 valence electrons. The van der Waals surface area contributed by atoms with Crippen molar-refractivity contribution < 1.29 is 14.3 Å². The Labute approximate surface area is 94.7 Å². The number of aromatic amines is 1. The highest BCUT2D eigenvalue weighted by Gasteiger charge is 2.13. The van der Waals surface area contributed by atoms with E-state index in [0.29, 0.717) is 10.9 Å². The largest absolute Gasteiger partial charge is 0.477 e. The smallest absolute Gasteiger partial charge is 0.352 e. The number of carboxylic acid groups (broad SMARTS) is 1. The van der Waals surface area contributed by atoms with Crippen LogP contribution in [-0.4, -0.2) is 21.0 Å². The van der Waals surface area contributed by atoms with Crippen molar-refractivity contribution in [2.24, 2.45) is 0 Å². The number of aromatic carboxylic acids is 1. The van der Waals surface area contributed by atoms with Crippen molar-refractivity contribution in [1.82, 2.24) is 9.97 Å². The first-order chi connectivity index (χ1) is 8.16. The minimum absolute atomic E-state index is 0.0322. The summed E-state index contributed by atoms with van der Waals surface area (Å²) in [5.41, 5.74) is 0.673. The molecule has 0 saturated carbocycles. The predicted octanol–water partition coefficient (Wildman–Crippen LogP) is 2.55. The summed E-state index contributed by atoms with van der Waals surface area (Å²) >= 11 is 0. The molecule has 2 aromatic heterocycles. The fraction of sp³-hybridized carbons (Fsp3) is 0. The maximum absolute atomic E-state index is 13.7. The summed E-state index contributed by atoms with van der Waals surface area (Å²) in [6.07, 6.45) is 1.57. The zero-order valence-corrected chi connectivity index (χ0v) is 8.57. The second kappa shape index (κ2) is 3.28. The van der Waals surface area contributed by atoms with Crippen molar-refractivity contribution in [3.63, 3.8) is 0 Å². The van der Waals surface area contributed by atoms with Crippen LogP contribution in [0.15, 0.2) is 30.5 Å². The van der Waals surface area contributed by atoms with Crippen LogP contribution in [0.5, 0.6) is 0 Å². The number of halogens is 1. The molecule has 2 N–H and O–H groups in total. The van der Waals surface area contributed by atoms with E-state index in [-0.39, 0.29) is 11.2 Å². The lowest BCUT2D eigenvalue weighted by molar-refractivity contribution is 0.0691. The number of carboxylic acids is 1. The lowest BCUT2D eigenvalue weighted by Crippen LogP contribution is -1.95. The number of benzene rings is 1. The van der Waals surface area contributed by atoms with E-state index in [0.717, 1.165) is 5.39 Å². The zero-order valence-electron chi connectivity index (χ0n) is 8.57. The average Bonchev–Trinajstić information content (AvgIpc) is 2.75. The Morgan fingerprint density at radius 3 is 2.94 bits per heavy atom. The predicted molar refractivity (Wildman–Crippen MR) is 60.5 cm³/mol. The van der Waals surface area contributed by atoms with E-state index in [9.17, 15) is 9.18 Å². The number of rotatable bonds is 1.